The highest BCUT2D eigenvalue weighted by Crippen LogP contribution is 2.28. The van der Waals surface area contributed by atoms with Crippen molar-refractivity contribution in [3.63, 3.8) is 0 Å². The van der Waals surface area contributed by atoms with Gasteiger partial charge in [-0.25, -0.2) is 0 Å². The minimum Gasteiger partial charge on any atom is -0.450 e. The molecule has 96 valence electrons. The zero-order valence-electron chi connectivity index (χ0n) is 10.6. The van der Waals surface area contributed by atoms with Gasteiger partial charge in [0.2, 0.25) is 5.78 Å². The third-order valence-electron chi connectivity index (χ3n) is 3.43. The summed E-state index contributed by atoms with van der Waals surface area (Å²) in [4.78, 5) is 15.6. The zero-order valence-corrected chi connectivity index (χ0v) is 10.6. The summed E-state index contributed by atoms with van der Waals surface area (Å²) in [6.07, 6.45) is 0. The topological polar surface area (TPSA) is 46.0 Å². The van der Waals surface area contributed by atoms with Gasteiger partial charge in [0.05, 0.1) is 5.52 Å². The number of carbonyl (C=O) groups excluding carboxylic acids is 1. The molecule has 0 bridgehead atoms. The lowest BCUT2D eigenvalue weighted by atomic mass is 10.1. The van der Waals surface area contributed by atoms with Crippen molar-refractivity contribution in [3.05, 3.63) is 72.0 Å². The Hall–Kier alpha value is -2.81. The van der Waals surface area contributed by atoms with Gasteiger partial charge in [-0.05, 0) is 12.1 Å². The SMILES string of the molecule is O=C(c1ccccc1)c1cc2[nH]c3ccccc3c2o1. The van der Waals surface area contributed by atoms with E-state index >= 15 is 0 Å². The Morgan fingerprint density at radius 3 is 2.50 bits per heavy atom. The summed E-state index contributed by atoms with van der Waals surface area (Å²) in [6, 6.07) is 18.8. The molecular weight excluding hydrogens is 250 g/mol. The minimum atomic E-state index is -0.0979. The van der Waals surface area contributed by atoms with E-state index in [0.717, 1.165) is 22.0 Å². The van der Waals surface area contributed by atoms with Crippen LogP contribution in [-0.4, -0.2) is 10.8 Å². The van der Waals surface area contributed by atoms with Crippen molar-refractivity contribution in [1.29, 1.82) is 0 Å². The second kappa shape index (κ2) is 4.10. The van der Waals surface area contributed by atoms with Gasteiger partial charge >= 0.3 is 0 Å². The van der Waals surface area contributed by atoms with Crippen LogP contribution < -0.4 is 0 Å². The van der Waals surface area contributed by atoms with Crippen LogP contribution in [0.5, 0.6) is 0 Å². The number of carbonyl (C=O) groups is 1. The third-order valence-corrected chi connectivity index (χ3v) is 3.43. The van der Waals surface area contributed by atoms with Gasteiger partial charge in [-0.15, -0.1) is 0 Å². The highest BCUT2D eigenvalue weighted by molar-refractivity contribution is 6.11. The van der Waals surface area contributed by atoms with Gasteiger partial charge in [-0.3, -0.25) is 4.79 Å². The van der Waals surface area contributed by atoms with Crippen LogP contribution in [-0.2, 0) is 0 Å². The van der Waals surface area contributed by atoms with Gasteiger partial charge in [-0.1, -0.05) is 42.5 Å². The van der Waals surface area contributed by atoms with E-state index < -0.39 is 0 Å². The molecule has 0 radical (unpaired) electrons. The Morgan fingerprint density at radius 1 is 0.900 bits per heavy atom. The van der Waals surface area contributed by atoms with Crippen LogP contribution in [0, 0.1) is 0 Å². The summed E-state index contributed by atoms with van der Waals surface area (Å²) in [5.74, 6) is 0.266. The molecule has 0 spiro atoms. The molecule has 3 nitrogen and oxygen atoms in total. The Morgan fingerprint density at radius 2 is 1.65 bits per heavy atom. The minimum absolute atomic E-state index is 0.0979. The Bertz CT molecular complexity index is 916. The number of furan rings is 1. The molecule has 1 N–H and O–H groups in total. The second-order valence-electron chi connectivity index (χ2n) is 4.72. The molecule has 0 aliphatic heterocycles. The predicted octanol–water partition coefficient (Wildman–Crippen LogP) is 4.15. The average molecular weight is 261 g/mol. The van der Waals surface area contributed by atoms with Gasteiger partial charge in [0.1, 0.15) is 0 Å². The van der Waals surface area contributed by atoms with Gasteiger partial charge in [0.25, 0.3) is 0 Å². The Kier molecular flexibility index (Phi) is 2.27. The van der Waals surface area contributed by atoms with Crippen LogP contribution >= 0.6 is 0 Å². The molecule has 0 atom stereocenters. The van der Waals surface area contributed by atoms with E-state index in [9.17, 15) is 4.79 Å². The van der Waals surface area contributed by atoms with Gasteiger partial charge in [0.15, 0.2) is 11.3 Å². The van der Waals surface area contributed by atoms with E-state index in [1.54, 1.807) is 18.2 Å². The molecule has 0 saturated carbocycles. The average Bonchev–Trinajstić information content (AvgIpc) is 3.05. The molecule has 0 aliphatic carbocycles. The largest absolute Gasteiger partial charge is 0.450 e. The van der Waals surface area contributed by atoms with Crippen molar-refractivity contribution in [2.24, 2.45) is 0 Å². The number of ketones is 1. The van der Waals surface area contributed by atoms with E-state index in [0.29, 0.717) is 11.3 Å². The van der Waals surface area contributed by atoms with Crippen LogP contribution in [0.3, 0.4) is 0 Å². The lowest BCUT2D eigenvalue weighted by Gasteiger charge is -1.96. The molecule has 3 heteroatoms. The number of benzene rings is 2. The lowest BCUT2D eigenvalue weighted by molar-refractivity contribution is 0.101. The summed E-state index contributed by atoms with van der Waals surface area (Å²) in [7, 11) is 0. The molecule has 0 unspecified atom stereocenters. The standard InChI is InChI=1S/C17H11NO2/c19-16(11-6-2-1-3-7-11)15-10-14-17(20-15)12-8-4-5-9-13(12)18-14/h1-10,18H. The molecule has 4 aromatic rings. The Balaban J connectivity index is 1.87. The maximum absolute atomic E-state index is 12.3. The van der Waals surface area contributed by atoms with Crippen molar-refractivity contribution >= 4 is 27.8 Å². The van der Waals surface area contributed by atoms with Gasteiger partial charge < -0.3 is 9.40 Å². The summed E-state index contributed by atoms with van der Waals surface area (Å²) >= 11 is 0. The monoisotopic (exact) mass is 261 g/mol. The number of nitrogens with one attached hydrogen (secondary N) is 1. The fraction of sp³-hybridized carbons (Fsp3) is 0. The summed E-state index contributed by atoms with van der Waals surface area (Å²) in [6.45, 7) is 0. The molecule has 0 fully saturated rings. The molecule has 0 saturated heterocycles. The van der Waals surface area contributed by atoms with Crippen LogP contribution in [0.25, 0.3) is 22.0 Å². The summed E-state index contributed by atoms with van der Waals surface area (Å²) < 4.78 is 5.76. The van der Waals surface area contributed by atoms with Crippen LogP contribution in [0.15, 0.2) is 65.1 Å². The van der Waals surface area contributed by atoms with Crippen LogP contribution in [0.1, 0.15) is 16.1 Å². The molecule has 2 aromatic heterocycles. The van der Waals surface area contributed by atoms with Crippen molar-refractivity contribution in [2.75, 3.05) is 0 Å². The van der Waals surface area contributed by atoms with E-state index in [-0.39, 0.29) is 5.78 Å². The lowest BCUT2D eigenvalue weighted by Crippen LogP contribution is -1.98. The van der Waals surface area contributed by atoms with Gasteiger partial charge in [-0.2, -0.15) is 0 Å². The highest BCUT2D eigenvalue weighted by atomic mass is 16.3. The first kappa shape index (κ1) is 11.1. The number of hydrogen-bond acceptors (Lipinski definition) is 2. The van der Waals surface area contributed by atoms with Gasteiger partial charge in [0, 0.05) is 22.5 Å². The summed E-state index contributed by atoms with van der Waals surface area (Å²) in [5.41, 5.74) is 3.23. The fourth-order valence-corrected chi connectivity index (χ4v) is 2.46. The first-order valence-corrected chi connectivity index (χ1v) is 6.43. The van der Waals surface area contributed by atoms with E-state index in [1.165, 1.54) is 0 Å². The Labute approximate surface area is 114 Å². The third kappa shape index (κ3) is 1.57. The molecule has 20 heavy (non-hydrogen) atoms. The summed E-state index contributed by atoms with van der Waals surface area (Å²) in [5, 5.41) is 0.995. The number of aromatic amines is 1. The molecule has 0 aliphatic rings. The number of para-hydroxylation sites is 1. The molecule has 0 amide bonds. The molecule has 2 heterocycles. The normalized spacial score (nSPS) is 11.2. The quantitative estimate of drug-likeness (QED) is 0.551. The maximum atomic E-state index is 12.3. The van der Waals surface area contributed by atoms with Crippen molar-refractivity contribution in [3.8, 4) is 0 Å². The van der Waals surface area contributed by atoms with Crippen molar-refractivity contribution in [1.82, 2.24) is 4.98 Å². The smallest absolute Gasteiger partial charge is 0.228 e. The van der Waals surface area contributed by atoms with Crippen LogP contribution in [0.2, 0.25) is 0 Å². The number of hydrogen-bond donors (Lipinski definition) is 1. The van der Waals surface area contributed by atoms with Crippen molar-refractivity contribution in [2.45, 2.75) is 0 Å². The maximum Gasteiger partial charge on any atom is 0.228 e. The van der Waals surface area contributed by atoms with E-state index in [4.69, 9.17) is 4.42 Å². The fourth-order valence-electron chi connectivity index (χ4n) is 2.46. The number of H-pyrrole nitrogens is 1. The molecule has 4 rings (SSSR count). The van der Waals surface area contributed by atoms with E-state index in [1.807, 2.05) is 42.5 Å². The highest BCUT2D eigenvalue weighted by Gasteiger charge is 2.16. The number of aromatic nitrogens is 1. The van der Waals surface area contributed by atoms with E-state index in [2.05, 4.69) is 4.98 Å². The first-order chi connectivity index (χ1) is 9.83. The second-order valence-corrected chi connectivity index (χ2v) is 4.72. The zero-order chi connectivity index (χ0) is 13.5. The first-order valence-electron chi connectivity index (χ1n) is 6.43. The van der Waals surface area contributed by atoms with Crippen molar-refractivity contribution < 1.29 is 9.21 Å². The predicted molar refractivity (Wildman–Crippen MR) is 77.9 cm³/mol. The van der Waals surface area contributed by atoms with Crippen LogP contribution in [0.4, 0.5) is 0 Å². The molecular formula is C17H11NO2. The number of fused-ring (bicyclic) bond motifs is 3. The number of rotatable bonds is 2. The molecule has 2 aromatic carbocycles.